The van der Waals surface area contributed by atoms with Gasteiger partial charge in [-0.25, -0.2) is 4.98 Å². The van der Waals surface area contributed by atoms with Crippen molar-refractivity contribution in [1.29, 1.82) is 0 Å². The van der Waals surface area contributed by atoms with E-state index in [2.05, 4.69) is 23.5 Å². The minimum atomic E-state index is -0.155. The smallest absolute Gasteiger partial charge is 0.315 e. The third-order valence-corrected chi connectivity index (χ3v) is 4.97. The van der Waals surface area contributed by atoms with E-state index in [4.69, 9.17) is 4.74 Å². The van der Waals surface area contributed by atoms with Crippen LogP contribution >= 0.6 is 23.1 Å². The van der Waals surface area contributed by atoms with Gasteiger partial charge >= 0.3 is 5.97 Å². The van der Waals surface area contributed by atoms with E-state index < -0.39 is 0 Å². The number of ether oxygens (including phenoxy) is 1. The van der Waals surface area contributed by atoms with E-state index in [1.54, 1.807) is 11.3 Å². The lowest BCUT2D eigenvalue weighted by Crippen LogP contribution is -2.18. The zero-order chi connectivity index (χ0) is 13.8. The number of fused-ring (bicyclic) bond motifs is 1. The normalized spacial score (nSPS) is 19.0. The van der Waals surface area contributed by atoms with Crippen LogP contribution in [0.15, 0.2) is 0 Å². The average molecular weight is 300 g/mol. The number of carbonyl (C=O) groups is 1. The standard InChI is InChI=1S/C13H20N2O2S2/c1-4-17-12(16)9-5-6-10-11(9)15-13(19-10)14-8(2)7-18-3/h8-9H,4-7H2,1-3H3,(H,14,15). The van der Waals surface area contributed by atoms with Crippen molar-refractivity contribution < 1.29 is 9.53 Å². The number of nitrogens with one attached hydrogen (secondary N) is 1. The number of esters is 1. The molecule has 0 radical (unpaired) electrons. The van der Waals surface area contributed by atoms with Gasteiger partial charge < -0.3 is 10.1 Å². The zero-order valence-corrected chi connectivity index (χ0v) is 13.2. The van der Waals surface area contributed by atoms with E-state index >= 15 is 0 Å². The summed E-state index contributed by atoms with van der Waals surface area (Å²) in [6, 6.07) is 0.391. The fourth-order valence-electron chi connectivity index (χ4n) is 2.26. The number of carbonyl (C=O) groups excluding carboxylic acids is 1. The highest BCUT2D eigenvalue weighted by molar-refractivity contribution is 7.98. The number of anilines is 1. The van der Waals surface area contributed by atoms with Gasteiger partial charge in [-0.15, -0.1) is 11.3 Å². The molecule has 0 aromatic carbocycles. The molecule has 0 spiro atoms. The van der Waals surface area contributed by atoms with Crippen molar-refractivity contribution in [3.05, 3.63) is 10.6 Å². The summed E-state index contributed by atoms with van der Waals surface area (Å²) in [6.07, 6.45) is 3.87. The Bertz CT molecular complexity index is 448. The van der Waals surface area contributed by atoms with Gasteiger partial charge in [0.1, 0.15) is 5.92 Å². The van der Waals surface area contributed by atoms with Gasteiger partial charge in [0, 0.05) is 16.7 Å². The lowest BCUT2D eigenvalue weighted by atomic mass is 10.1. The first-order chi connectivity index (χ1) is 9.15. The maximum atomic E-state index is 11.9. The van der Waals surface area contributed by atoms with E-state index in [0.717, 1.165) is 29.4 Å². The van der Waals surface area contributed by atoms with Crippen molar-refractivity contribution in [3.8, 4) is 0 Å². The molecule has 0 fully saturated rings. The molecule has 2 unspecified atom stereocenters. The molecule has 6 heteroatoms. The maximum absolute atomic E-state index is 11.9. The van der Waals surface area contributed by atoms with E-state index in [0.29, 0.717) is 12.6 Å². The van der Waals surface area contributed by atoms with Gasteiger partial charge in [0.2, 0.25) is 0 Å². The van der Waals surface area contributed by atoms with Gasteiger partial charge in [0.15, 0.2) is 5.13 Å². The minimum absolute atomic E-state index is 0.129. The molecule has 0 aliphatic heterocycles. The van der Waals surface area contributed by atoms with E-state index in [9.17, 15) is 4.79 Å². The van der Waals surface area contributed by atoms with E-state index in [1.807, 2.05) is 18.7 Å². The molecule has 1 aliphatic carbocycles. The second kappa shape index (κ2) is 6.61. The lowest BCUT2D eigenvalue weighted by molar-refractivity contribution is -0.145. The van der Waals surface area contributed by atoms with Crippen LogP contribution in [0.3, 0.4) is 0 Å². The number of hydrogen-bond acceptors (Lipinski definition) is 6. The molecule has 1 aromatic rings. The van der Waals surface area contributed by atoms with E-state index in [1.165, 1.54) is 4.88 Å². The van der Waals surface area contributed by atoms with Crippen LogP contribution in [0, 0.1) is 0 Å². The molecular weight excluding hydrogens is 280 g/mol. The summed E-state index contributed by atoms with van der Waals surface area (Å²) in [6.45, 7) is 4.42. The predicted molar refractivity (Wildman–Crippen MR) is 81.3 cm³/mol. The Morgan fingerprint density at radius 3 is 3.16 bits per heavy atom. The van der Waals surface area contributed by atoms with Crippen LogP contribution in [0.1, 0.15) is 36.8 Å². The first-order valence-corrected chi connectivity index (χ1v) is 8.78. The lowest BCUT2D eigenvalue weighted by Gasteiger charge is -2.11. The van der Waals surface area contributed by atoms with Crippen molar-refractivity contribution in [2.45, 2.75) is 38.6 Å². The first-order valence-electron chi connectivity index (χ1n) is 6.57. The number of aryl methyl sites for hydroxylation is 1. The molecule has 1 aromatic heterocycles. The largest absolute Gasteiger partial charge is 0.465 e. The fourth-order valence-corrected chi connectivity index (χ4v) is 4.00. The van der Waals surface area contributed by atoms with Crippen molar-refractivity contribution in [1.82, 2.24) is 4.98 Å². The summed E-state index contributed by atoms with van der Waals surface area (Å²) < 4.78 is 5.11. The maximum Gasteiger partial charge on any atom is 0.315 e. The second-order valence-electron chi connectivity index (χ2n) is 4.67. The Morgan fingerprint density at radius 1 is 1.68 bits per heavy atom. The van der Waals surface area contributed by atoms with Gasteiger partial charge in [-0.05, 0) is 32.9 Å². The molecule has 2 rings (SSSR count). The van der Waals surface area contributed by atoms with Gasteiger partial charge in [0.05, 0.1) is 12.3 Å². The molecule has 1 N–H and O–H groups in total. The topological polar surface area (TPSA) is 51.2 Å². The van der Waals surface area contributed by atoms with Gasteiger partial charge in [0.25, 0.3) is 0 Å². The summed E-state index contributed by atoms with van der Waals surface area (Å²) in [7, 11) is 0. The molecule has 4 nitrogen and oxygen atoms in total. The van der Waals surface area contributed by atoms with Crippen molar-refractivity contribution in [2.75, 3.05) is 23.9 Å². The van der Waals surface area contributed by atoms with Crippen LogP contribution in [0.2, 0.25) is 0 Å². The second-order valence-corrected chi connectivity index (χ2v) is 6.67. The summed E-state index contributed by atoms with van der Waals surface area (Å²) in [4.78, 5) is 17.7. The number of aromatic nitrogens is 1. The minimum Gasteiger partial charge on any atom is -0.465 e. The summed E-state index contributed by atoms with van der Waals surface area (Å²) in [5.41, 5.74) is 0.933. The molecule has 106 valence electrons. The summed E-state index contributed by atoms with van der Waals surface area (Å²) in [5, 5.41) is 4.33. The fraction of sp³-hybridized carbons (Fsp3) is 0.692. The van der Waals surface area contributed by atoms with Crippen LogP contribution in [0.5, 0.6) is 0 Å². The molecule has 19 heavy (non-hydrogen) atoms. The molecule has 0 saturated heterocycles. The highest BCUT2D eigenvalue weighted by atomic mass is 32.2. The Hall–Kier alpha value is -0.750. The summed E-state index contributed by atoms with van der Waals surface area (Å²) >= 11 is 3.49. The Labute approximate surface area is 122 Å². The molecular formula is C13H20N2O2S2. The predicted octanol–water partition coefficient (Wildman–Crippen LogP) is 2.90. The number of rotatable bonds is 6. The quantitative estimate of drug-likeness (QED) is 0.819. The average Bonchev–Trinajstić information content (AvgIpc) is 2.88. The number of thioether (sulfide) groups is 1. The summed E-state index contributed by atoms with van der Waals surface area (Å²) in [5.74, 6) is 0.763. The van der Waals surface area contributed by atoms with E-state index in [-0.39, 0.29) is 11.9 Å². The Kier molecular flexibility index (Phi) is 5.10. The van der Waals surface area contributed by atoms with Crippen LogP contribution in [0.4, 0.5) is 5.13 Å². The molecule has 0 saturated carbocycles. The third kappa shape index (κ3) is 3.42. The Balaban J connectivity index is 2.05. The monoisotopic (exact) mass is 300 g/mol. The van der Waals surface area contributed by atoms with Crippen molar-refractivity contribution in [2.24, 2.45) is 0 Å². The molecule has 1 heterocycles. The van der Waals surface area contributed by atoms with Crippen LogP contribution in [-0.2, 0) is 16.0 Å². The van der Waals surface area contributed by atoms with Crippen molar-refractivity contribution in [3.63, 3.8) is 0 Å². The number of nitrogens with zero attached hydrogens (tertiary/aromatic N) is 1. The van der Waals surface area contributed by atoms with Crippen LogP contribution in [-0.4, -0.2) is 35.6 Å². The first kappa shape index (κ1) is 14.7. The van der Waals surface area contributed by atoms with Crippen LogP contribution < -0.4 is 5.32 Å². The van der Waals surface area contributed by atoms with Crippen molar-refractivity contribution >= 4 is 34.2 Å². The molecule has 2 atom stereocenters. The SMILES string of the molecule is CCOC(=O)C1CCc2sc(NC(C)CSC)nc21. The van der Waals surface area contributed by atoms with Crippen LogP contribution in [0.25, 0.3) is 0 Å². The van der Waals surface area contributed by atoms with Gasteiger partial charge in [-0.3, -0.25) is 4.79 Å². The number of hydrogen-bond donors (Lipinski definition) is 1. The number of thiazole rings is 1. The Morgan fingerprint density at radius 2 is 2.47 bits per heavy atom. The third-order valence-electron chi connectivity index (χ3n) is 3.08. The molecule has 0 amide bonds. The molecule has 0 bridgehead atoms. The zero-order valence-electron chi connectivity index (χ0n) is 11.6. The highest BCUT2D eigenvalue weighted by Gasteiger charge is 2.33. The molecule has 1 aliphatic rings. The highest BCUT2D eigenvalue weighted by Crippen LogP contribution is 2.39. The van der Waals surface area contributed by atoms with Gasteiger partial charge in [-0.1, -0.05) is 0 Å². The van der Waals surface area contributed by atoms with Gasteiger partial charge in [-0.2, -0.15) is 11.8 Å².